The van der Waals surface area contributed by atoms with Crippen LogP contribution < -0.4 is 11.1 Å². The van der Waals surface area contributed by atoms with Crippen LogP contribution in [0.1, 0.15) is 35.1 Å². The van der Waals surface area contributed by atoms with E-state index in [1.807, 2.05) is 0 Å². The summed E-state index contributed by atoms with van der Waals surface area (Å²) in [5, 5.41) is 3.20. The van der Waals surface area contributed by atoms with Crippen molar-refractivity contribution >= 4 is 22.4 Å². The number of hydrogen-bond acceptors (Lipinski definition) is 5. The Bertz CT molecular complexity index is 366. The number of carbonyl (C=O) groups is 1. The van der Waals surface area contributed by atoms with Crippen LogP contribution in [0.25, 0.3) is 0 Å². The summed E-state index contributed by atoms with van der Waals surface area (Å²) in [7, 11) is 0. The van der Waals surface area contributed by atoms with Gasteiger partial charge in [-0.05, 0) is 13.3 Å². The van der Waals surface area contributed by atoms with Gasteiger partial charge in [-0.15, -0.1) is 0 Å². The van der Waals surface area contributed by atoms with Gasteiger partial charge in [0, 0.05) is 13.2 Å². The Hall–Kier alpha value is -1.14. The number of aryl methyl sites for hydroxylation is 1. The number of amides is 1. The van der Waals surface area contributed by atoms with Gasteiger partial charge in [0.05, 0.1) is 12.3 Å². The molecule has 0 bridgehead atoms. The van der Waals surface area contributed by atoms with Crippen molar-refractivity contribution in [2.75, 3.05) is 25.5 Å². The number of unbranched alkanes of at least 4 members (excludes halogenated alkanes) is 1. The summed E-state index contributed by atoms with van der Waals surface area (Å²) in [6.07, 6.45) is 2.17. The Labute approximate surface area is 105 Å². The van der Waals surface area contributed by atoms with Crippen LogP contribution in [0.2, 0.25) is 0 Å². The molecule has 0 radical (unpaired) electrons. The largest absolute Gasteiger partial charge is 0.380 e. The third kappa shape index (κ3) is 4.70. The zero-order chi connectivity index (χ0) is 12.7. The molecule has 96 valence electrons. The van der Waals surface area contributed by atoms with Crippen molar-refractivity contribution in [3.8, 4) is 0 Å². The summed E-state index contributed by atoms with van der Waals surface area (Å²) in [5.41, 5.74) is 6.21. The summed E-state index contributed by atoms with van der Waals surface area (Å²) >= 11 is 1.21. The number of aromatic nitrogens is 1. The SMILES string of the molecule is CCCCOCCNC(=O)c1sc(N)nc1C. The first-order chi connectivity index (χ1) is 8.15. The number of ether oxygens (including phenoxy) is 1. The minimum absolute atomic E-state index is 0.129. The summed E-state index contributed by atoms with van der Waals surface area (Å²) in [6, 6.07) is 0. The van der Waals surface area contributed by atoms with Crippen molar-refractivity contribution in [1.82, 2.24) is 10.3 Å². The van der Waals surface area contributed by atoms with E-state index >= 15 is 0 Å². The molecule has 6 heteroatoms. The lowest BCUT2D eigenvalue weighted by molar-refractivity contribution is 0.0916. The third-order valence-electron chi connectivity index (χ3n) is 2.19. The fourth-order valence-electron chi connectivity index (χ4n) is 1.29. The molecule has 5 nitrogen and oxygen atoms in total. The lowest BCUT2D eigenvalue weighted by Gasteiger charge is -2.05. The first kappa shape index (κ1) is 13.9. The van der Waals surface area contributed by atoms with Crippen molar-refractivity contribution in [2.24, 2.45) is 0 Å². The number of hydrogen-bond donors (Lipinski definition) is 2. The number of nitrogens with one attached hydrogen (secondary N) is 1. The number of rotatable bonds is 7. The molecule has 1 aromatic heterocycles. The van der Waals surface area contributed by atoms with Crippen LogP contribution in [0, 0.1) is 6.92 Å². The van der Waals surface area contributed by atoms with Crippen molar-refractivity contribution in [2.45, 2.75) is 26.7 Å². The van der Waals surface area contributed by atoms with Crippen molar-refractivity contribution in [3.63, 3.8) is 0 Å². The van der Waals surface area contributed by atoms with E-state index in [4.69, 9.17) is 10.5 Å². The molecule has 0 aliphatic carbocycles. The molecule has 1 heterocycles. The zero-order valence-electron chi connectivity index (χ0n) is 10.3. The highest BCUT2D eigenvalue weighted by atomic mass is 32.1. The molecule has 0 aromatic carbocycles. The fourth-order valence-corrected chi connectivity index (χ4v) is 2.04. The van der Waals surface area contributed by atoms with Gasteiger partial charge in [0.25, 0.3) is 5.91 Å². The molecular formula is C11H19N3O2S. The zero-order valence-corrected chi connectivity index (χ0v) is 11.1. The average Bonchev–Trinajstić information content (AvgIpc) is 2.62. The molecule has 1 aromatic rings. The fraction of sp³-hybridized carbons (Fsp3) is 0.636. The highest BCUT2D eigenvalue weighted by Crippen LogP contribution is 2.18. The predicted octanol–water partition coefficient (Wildman–Crippen LogP) is 1.58. The van der Waals surface area contributed by atoms with Crippen LogP contribution in [-0.4, -0.2) is 30.6 Å². The number of carbonyl (C=O) groups excluding carboxylic acids is 1. The minimum atomic E-state index is -0.129. The highest BCUT2D eigenvalue weighted by Gasteiger charge is 2.13. The quantitative estimate of drug-likeness (QED) is 0.727. The van der Waals surface area contributed by atoms with Gasteiger partial charge in [-0.3, -0.25) is 4.79 Å². The van der Waals surface area contributed by atoms with E-state index in [9.17, 15) is 4.79 Å². The Morgan fingerprint density at radius 2 is 2.29 bits per heavy atom. The van der Waals surface area contributed by atoms with Crippen LogP contribution in [-0.2, 0) is 4.74 Å². The standard InChI is InChI=1S/C11H19N3O2S/c1-3-4-6-16-7-5-13-10(15)9-8(2)14-11(12)17-9/h3-7H2,1-2H3,(H2,12,14)(H,13,15). The van der Waals surface area contributed by atoms with Crippen LogP contribution in [0.3, 0.4) is 0 Å². The molecule has 0 unspecified atom stereocenters. The van der Waals surface area contributed by atoms with Crippen LogP contribution >= 0.6 is 11.3 Å². The number of nitrogens with two attached hydrogens (primary N) is 1. The van der Waals surface area contributed by atoms with Crippen LogP contribution in [0.4, 0.5) is 5.13 Å². The maximum Gasteiger partial charge on any atom is 0.263 e. The van der Waals surface area contributed by atoms with E-state index < -0.39 is 0 Å². The third-order valence-corrected chi connectivity index (χ3v) is 3.18. The normalized spacial score (nSPS) is 10.5. The number of nitrogen functional groups attached to an aromatic ring is 1. The van der Waals surface area contributed by atoms with Gasteiger partial charge >= 0.3 is 0 Å². The summed E-state index contributed by atoms with van der Waals surface area (Å²) in [6.45, 7) is 5.69. The average molecular weight is 257 g/mol. The van der Waals surface area contributed by atoms with Crippen molar-refractivity contribution < 1.29 is 9.53 Å². The molecule has 0 saturated carbocycles. The molecule has 0 spiro atoms. The molecule has 3 N–H and O–H groups in total. The molecule has 0 aliphatic rings. The maximum atomic E-state index is 11.7. The second-order valence-corrected chi connectivity index (χ2v) is 4.72. The molecule has 1 rings (SSSR count). The lowest BCUT2D eigenvalue weighted by atomic mass is 10.3. The molecule has 17 heavy (non-hydrogen) atoms. The van der Waals surface area contributed by atoms with E-state index in [1.165, 1.54) is 11.3 Å². The first-order valence-corrected chi connectivity index (χ1v) is 6.55. The van der Waals surface area contributed by atoms with E-state index in [-0.39, 0.29) is 5.91 Å². The van der Waals surface area contributed by atoms with Gasteiger partial charge in [0.15, 0.2) is 5.13 Å². The molecule has 0 saturated heterocycles. The second-order valence-electron chi connectivity index (χ2n) is 3.69. The number of nitrogens with zero attached hydrogens (tertiary/aromatic N) is 1. The van der Waals surface area contributed by atoms with Crippen LogP contribution in [0.15, 0.2) is 0 Å². The van der Waals surface area contributed by atoms with E-state index in [1.54, 1.807) is 6.92 Å². The van der Waals surface area contributed by atoms with Crippen molar-refractivity contribution in [3.05, 3.63) is 10.6 Å². The monoisotopic (exact) mass is 257 g/mol. The van der Waals surface area contributed by atoms with Gasteiger partial charge in [0.2, 0.25) is 0 Å². The topological polar surface area (TPSA) is 77.2 Å². The summed E-state index contributed by atoms with van der Waals surface area (Å²) in [5.74, 6) is -0.129. The molecule has 1 amide bonds. The molecular weight excluding hydrogens is 238 g/mol. The number of thiazole rings is 1. The highest BCUT2D eigenvalue weighted by molar-refractivity contribution is 7.17. The summed E-state index contributed by atoms with van der Waals surface area (Å²) < 4.78 is 5.34. The molecule has 0 fully saturated rings. The van der Waals surface area contributed by atoms with E-state index in [0.29, 0.717) is 28.9 Å². The lowest BCUT2D eigenvalue weighted by Crippen LogP contribution is -2.27. The Morgan fingerprint density at radius 3 is 2.88 bits per heavy atom. The first-order valence-electron chi connectivity index (χ1n) is 5.74. The predicted molar refractivity (Wildman–Crippen MR) is 69.3 cm³/mol. The molecule has 0 atom stereocenters. The second kappa shape index (κ2) is 7.24. The summed E-state index contributed by atoms with van der Waals surface area (Å²) in [4.78, 5) is 16.3. The van der Waals surface area contributed by atoms with Gasteiger partial charge in [-0.25, -0.2) is 4.98 Å². The van der Waals surface area contributed by atoms with Gasteiger partial charge < -0.3 is 15.8 Å². The van der Waals surface area contributed by atoms with Crippen molar-refractivity contribution in [1.29, 1.82) is 0 Å². The number of anilines is 1. The van der Waals surface area contributed by atoms with Gasteiger partial charge in [-0.2, -0.15) is 0 Å². The Morgan fingerprint density at radius 1 is 1.53 bits per heavy atom. The Balaban J connectivity index is 2.23. The maximum absolute atomic E-state index is 11.7. The molecule has 0 aliphatic heterocycles. The van der Waals surface area contributed by atoms with E-state index in [0.717, 1.165) is 19.4 Å². The van der Waals surface area contributed by atoms with Gasteiger partial charge in [0.1, 0.15) is 4.88 Å². The van der Waals surface area contributed by atoms with E-state index in [2.05, 4.69) is 17.2 Å². The minimum Gasteiger partial charge on any atom is -0.380 e. The van der Waals surface area contributed by atoms with Crippen LogP contribution in [0.5, 0.6) is 0 Å². The Kier molecular flexibility index (Phi) is 5.93. The van der Waals surface area contributed by atoms with Gasteiger partial charge in [-0.1, -0.05) is 24.7 Å². The smallest absolute Gasteiger partial charge is 0.263 e.